The van der Waals surface area contributed by atoms with Crippen molar-refractivity contribution in [3.63, 3.8) is 0 Å². The van der Waals surface area contributed by atoms with Crippen LogP contribution in [0.2, 0.25) is 0 Å². The summed E-state index contributed by atoms with van der Waals surface area (Å²) in [6.07, 6.45) is 1.04. The Balaban J connectivity index is 2.16. The molecule has 2 rings (SSSR count). The van der Waals surface area contributed by atoms with E-state index in [-0.39, 0.29) is 12.2 Å². The Morgan fingerprint density at radius 2 is 1.93 bits per heavy atom. The zero-order chi connectivity index (χ0) is 10.8. The molecular formula is C12H13BrO2. The third-order valence-electron chi connectivity index (χ3n) is 2.57. The number of hydrogen-bond acceptors (Lipinski definition) is 2. The summed E-state index contributed by atoms with van der Waals surface area (Å²) in [5.41, 5.74) is 1.08. The minimum Gasteiger partial charge on any atom is -0.370 e. The largest absolute Gasteiger partial charge is 0.370 e. The first-order valence-corrected chi connectivity index (χ1v) is 5.87. The van der Waals surface area contributed by atoms with E-state index in [1.165, 1.54) is 0 Å². The SMILES string of the molecule is C[C@@H]1CC(=O)C[C@H](c2ccc(Br)cc2)O1. The lowest BCUT2D eigenvalue weighted by Gasteiger charge is -2.27. The molecule has 15 heavy (non-hydrogen) atoms. The normalized spacial score (nSPS) is 26.7. The smallest absolute Gasteiger partial charge is 0.138 e. The summed E-state index contributed by atoms with van der Waals surface area (Å²) in [4.78, 5) is 11.4. The molecule has 1 aliphatic rings. The summed E-state index contributed by atoms with van der Waals surface area (Å²) in [5, 5.41) is 0. The number of carbonyl (C=O) groups is 1. The molecule has 1 fully saturated rings. The van der Waals surface area contributed by atoms with Crippen molar-refractivity contribution in [2.24, 2.45) is 0 Å². The number of halogens is 1. The van der Waals surface area contributed by atoms with Crippen LogP contribution in [0, 0.1) is 0 Å². The topological polar surface area (TPSA) is 26.3 Å². The van der Waals surface area contributed by atoms with Gasteiger partial charge in [-0.05, 0) is 24.6 Å². The Labute approximate surface area is 97.8 Å². The van der Waals surface area contributed by atoms with Crippen LogP contribution in [0.1, 0.15) is 31.4 Å². The fraction of sp³-hybridized carbons (Fsp3) is 0.417. The molecule has 0 aromatic heterocycles. The molecular weight excluding hydrogens is 256 g/mol. The first-order valence-electron chi connectivity index (χ1n) is 5.08. The van der Waals surface area contributed by atoms with Gasteiger partial charge in [-0.15, -0.1) is 0 Å². The van der Waals surface area contributed by atoms with E-state index < -0.39 is 0 Å². The number of hydrogen-bond donors (Lipinski definition) is 0. The van der Waals surface area contributed by atoms with Gasteiger partial charge in [-0.25, -0.2) is 0 Å². The van der Waals surface area contributed by atoms with Crippen LogP contribution in [0.4, 0.5) is 0 Å². The Kier molecular flexibility index (Phi) is 3.22. The molecule has 0 N–H and O–H groups in total. The standard InChI is InChI=1S/C12H13BrO2/c1-8-6-11(14)7-12(15-8)9-2-4-10(13)5-3-9/h2-5,8,12H,6-7H2,1H3/t8-,12-/m1/s1. The van der Waals surface area contributed by atoms with Crippen LogP contribution in [0.3, 0.4) is 0 Å². The first kappa shape index (κ1) is 10.8. The van der Waals surface area contributed by atoms with Crippen molar-refractivity contribution >= 4 is 21.7 Å². The van der Waals surface area contributed by atoms with Gasteiger partial charge in [0.1, 0.15) is 5.78 Å². The average Bonchev–Trinajstić information content (AvgIpc) is 2.17. The highest BCUT2D eigenvalue weighted by atomic mass is 79.9. The first-order chi connectivity index (χ1) is 7.15. The van der Waals surface area contributed by atoms with Crippen molar-refractivity contribution in [3.05, 3.63) is 34.3 Å². The highest BCUT2D eigenvalue weighted by Gasteiger charge is 2.26. The van der Waals surface area contributed by atoms with Crippen molar-refractivity contribution in [2.75, 3.05) is 0 Å². The summed E-state index contributed by atoms with van der Waals surface area (Å²) >= 11 is 3.39. The van der Waals surface area contributed by atoms with Crippen molar-refractivity contribution in [1.82, 2.24) is 0 Å². The van der Waals surface area contributed by atoms with Gasteiger partial charge >= 0.3 is 0 Å². The van der Waals surface area contributed by atoms with Gasteiger partial charge in [0, 0.05) is 17.3 Å². The molecule has 1 heterocycles. The van der Waals surface area contributed by atoms with E-state index in [0.717, 1.165) is 10.0 Å². The molecule has 0 unspecified atom stereocenters. The maximum absolute atomic E-state index is 11.4. The summed E-state index contributed by atoms with van der Waals surface area (Å²) < 4.78 is 6.79. The van der Waals surface area contributed by atoms with Crippen molar-refractivity contribution in [3.8, 4) is 0 Å². The number of rotatable bonds is 1. The van der Waals surface area contributed by atoms with Gasteiger partial charge in [0.2, 0.25) is 0 Å². The van der Waals surface area contributed by atoms with E-state index in [4.69, 9.17) is 4.74 Å². The molecule has 2 nitrogen and oxygen atoms in total. The molecule has 1 aromatic rings. The van der Waals surface area contributed by atoms with E-state index in [0.29, 0.717) is 18.6 Å². The van der Waals surface area contributed by atoms with Crippen LogP contribution in [-0.4, -0.2) is 11.9 Å². The molecule has 0 spiro atoms. The van der Waals surface area contributed by atoms with Crippen molar-refractivity contribution in [1.29, 1.82) is 0 Å². The Hall–Kier alpha value is -0.670. The monoisotopic (exact) mass is 268 g/mol. The summed E-state index contributed by atoms with van der Waals surface area (Å²) in [6, 6.07) is 7.95. The zero-order valence-corrected chi connectivity index (χ0v) is 10.2. The van der Waals surface area contributed by atoms with Crippen LogP contribution in [-0.2, 0) is 9.53 Å². The minimum atomic E-state index is -0.0608. The van der Waals surface area contributed by atoms with Gasteiger partial charge < -0.3 is 4.74 Å². The number of ether oxygens (including phenoxy) is 1. The molecule has 0 bridgehead atoms. The van der Waals surface area contributed by atoms with Crippen LogP contribution in [0.5, 0.6) is 0 Å². The van der Waals surface area contributed by atoms with Crippen LogP contribution >= 0.6 is 15.9 Å². The lowest BCUT2D eigenvalue weighted by Crippen LogP contribution is -2.26. The Bertz CT molecular complexity index is 358. The highest BCUT2D eigenvalue weighted by molar-refractivity contribution is 9.10. The second-order valence-electron chi connectivity index (χ2n) is 3.93. The van der Waals surface area contributed by atoms with E-state index in [1.807, 2.05) is 31.2 Å². The van der Waals surface area contributed by atoms with Crippen molar-refractivity contribution < 1.29 is 9.53 Å². The van der Waals surface area contributed by atoms with Gasteiger partial charge in [0.15, 0.2) is 0 Å². The van der Waals surface area contributed by atoms with Crippen LogP contribution in [0.25, 0.3) is 0 Å². The summed E-state index contributed by atoms with van der Waals surface area (Å²) in [6.45, 7) is 1.95. The third-order valence-corrected chi connectivity index (χ3v) is 3.10. The predicted octanol–water partition coefficient (Wildman–Crippen LogP) is 3.26. The Morgan fingerprint density at radius 3 is 2.53 bits per heavy atom. The molecule has 0 saturated carbocycles. The number of benzene rings is 1. The van der Waals surface area contributed by atoms with E-state index in [2.05, 4.69) is 15.9 Å². The lowest BCUT2D eigenvalue weighted by atomic mass is 9.98. The third kappa shape index (κ3) is 2.67. The quantitative estimate of drug-likeness (QED) is 0.782. The van der Waals surface area contributed by atoms with Crippen LogP contribution in [0.15, 0.2) is 28.7 Å². The molecule has 1 aromatic carbocycles. The molecule has 1 aliphatic heterocycles. The average molecular weight is 269 g/mol. The van der Waals surface area contributed by atoms with E-state index >= 15 is 0 Å². The van der Waals surface area contributed by atoms with E-state index in [9.17, 15) is 4.79 Å². The molecule has 2 atom stereocenters. The fourth-order valence-electron chi connectivity index (χ4n) is 1.86. The van der Waals surface area contributed by atoms with Crippen molar-refractivity contribution in [2.45, 2.75) is 32.0 Å². The fourth-order valence-corrected chi connectivity index (χ4v) is 2.13. The molecule has 1 saturated heterocycles. The minimum absolute atomic E-state index is 0.0416. The lowest BCUT2D eigenvalue weighted by molar-refractivity contribution is -0.134. The predicted molar refractivity (Wildman–Crippen MR) is 61.7 cm³/mol. The second-order valence-corrected chi connectivity index (χ2v) is 4.85. The van der Waals surface area contributed by atoms with Gasteiger partial charge in [-0.1, -0.05) is 28.1 Å². The molecule has 3 heteroatoms. The number of Topliss-reactive ketones (excluding diaryl/α,β-unsaturated/α-hetero) is 1. The highest BCUT2D eigenvalue weighted by Crippen LogP contribution is 2.29. The van der Waals surface area contributed by atoms with Gasteiger partial charge in [-0.3, -0.25) is 4.79 Å². The second kappa shape index (κ2) is 4.45. The molecule has 80 valence electrons. The summed E-state index contributed by atoms with van der Waals surface area (Å²) in [5.74, 6) is 0.293. The van der Waals surface area contributed by atoms with Gasteiger partial charge in [-0.2, -0.15) is 0 Å². The maximum atomic E-state index is 11.4. The van der Waals surface area contributed by atoms with Crippen LogP contribution < -0.4 is 0 Å². The van der Waals surface area contributed by atoms with Gasteiger partial charge in [0.05, 0.1) is 12.2 Å². The number of ketones is 1. The van der Waals surface area contributed by atoms with Gasteiger partial charge in [0.25, 0.3) is 0 Å². The zero-order valence-electron chi connectivity index (χ0n) is 8.57. The number of carbonyl (C=O) groups excluding carboxylic acids is 1. The van der Waals surface area contributed by atoms with E-state index in [1.54, 1.807) is 0 Å². The molecule has 0 aliphatic carbocycles. The Morgan fingerprint density at radius 1 is 1.27 bits per heavy atom. The molecule has 0 amide bonds. The summed E-state index contributed by atoms with van der Waals surface area (Å²) in [7, 11) is 0. The maximum Gasteiger partial charge on any atom is 0.138 e. The molecule has 0 radical (unpaired) electrons.